The molecule has 25 heavy (non-hydrogen) atoms. The van der Waals surface area contributed by atoms with Gasteiger partial charge < -0.3 is 15.0 Å². The van der Waals surface area contributed by atoms with Crippen LogP contribution in [0.25, 0.3) is 0 Å². The van der Waals surface area contributed by atoms with Crippen LogP contribution in [0.5, 0.6) is 0 Å². The van der Waals surface area contributed by atoms with E-state index in [1.165, 1.54) is 7.11 Å². The van der Waals surface area contributed by atoms with Crippen LogP contribution in [0.3, 0.4) is 0 Å². The van der Waals surface area contributed by atoms with Crippen molar-refractivity contribution in [2.24, 2.45) is 0 Å². The summed E-state index contributed by atoms with van der Waals surface area (Å²) in [7, 11) is 1.33. The molecule has 2 N–H and O–H groups in total. The molecule has 0 fully saturated rings. The standard InChI is InChI=1S/C19H23N3O3/c1-5-7-15(13-8-10-20-11-9-13)22-18(23)17-12(3)16(19(24)25-4)14(6-2)21-17/h5,8-11,15,21H,1,6-7H2,2-4H3,(H,22,23)/t15-/m0/s1. The van der Waals surface area contributed by atoms with Gasteiger partial charge in [0.15, 0.2) is 0 Å². The Bertz CT molecular complexity index is 766. The number of carbonyl (C=O) groups is 2. The predicted molar refractivity (Wildman–Crippen MR) is 95.5 cm³/mol. The van der Waals surface area contributed by atoms with Crippen molar-refractivity contribution in [1.29, 1.82) is 0 Å². The second-order valence-electron chi connectivity index (χ2n) is 5.65. The van der Waals surface area contributed by atoms with Crippen LogP contribution in [0.4, 0.5) is 0 Å². The Kier molecular flexibility index (Phi) is 6.11. The Labute approximate surface area is 147 Å². The van der Waals surface area contributed by atoms with Gasteiger partial charge in [0.1, 0.15) is 5.69 Å². The number of methoxy groups -OCH3 is 1. The van der Waals surface area contributed by atoms with E-state index in [1.807, 2.05) is 19.1 Å². The van der Waals surface area contributed by atoms with Gasteiger partial charge in [0.25, 0.3) is 5.91 Å². The molecular formula is C19H23N3O3. The van der Waals surface area contributed by atoms with Crippen molar-refractivity contribution < 1.29 is 14.3 Å². The second kappa shape index (κ2) is 8.28. The van der Waals surface area contributed by atoms with Crippen molar-refractivity contribution in [3.05, 3.63) is 65.3 Å². The Morgan fingerprint density at radius 1 is 1.40 bits per heavy atom. The lowest BCUT2D eigenvalue weighted by Crippen LogP contribution is -2.29. The summed E-state index contributed by atoms with van der Waals surface area (Å²) >= 11 is 0. The smallest absolute Gasteiger partial charge is 0.339 e. The van der Waals surface area contributed by atoms with Crippen molar-refractivity contribution in [2.75, 3.05) is 7.11 Å². The molecule has 2 heterocycles. The number of pyridine rings is 1. The van der Waals surface area contributed by atoms with Gasteiger partial charge in [0, 0.05) is 18.1 Å². The number of aromatic nitrogens is 2. The van der Waals surface area contributed by atoms with Gasteiger partial charge in [-0.2, -0.15) is 0 Å². The van der Waals surface area contributed by atoms with Gasteiger partial charge in [0.05, 0.1) is 18.7 Å². The first-order chi connectivity index (χ1) is 12.0. The summed E-state index contributed by atoms with van der Waals surface area (Å²) in [4.78, 5) is 31.8. The quantitative estimate of drug-likeness (QED) is 0.599. The number of carbonyl (C=O) groups excluding carboxylic acids is 2. The maximum Gasteiger partial charge on any atom is 0.339 e. The average Bonchev–Trinajstić information content (AvgIpc) is 2.98. The maximum atomic E-state index is 12.8. The number of hydrogen-bond acceptors (Lipinski definition) is 4. The lowest BCUT2D eigenvalue weighted by molar-refractivity contribution is 0.0599. The molecule has 2 aromatic heterocycles. The van der Waals surface area contributed by atoms with Crippen LogP contribution >= 0.6 is 0 Å². The third-order valence-electron chi connectivity index (χ3n) is 4.11. The van der Waals surface area contributed by atoms with E-state index in [1.54, 1.807) is 25.4 Å². The molecule has 0 unspecified atom stereocenters. The monoisotopic (exact) mass is 341 g/mol. The van der Waals surface area contributed by atoms with Crippen molar-refractivity contribution >= 4 is 11.9 Å². The number of esters is 1. The van der Waals surface area contributed by atoms with Crippen molar-refractivity contribution in [3.8, 4) is 0 Å². The molecular weight excluding hydrogens is 318 g/mol. The van der Waals surface area contributed by atoms with Gasteiger partial charge in [-0.25, -0.2) is 4.79 Å². The molecule has 6 heteroatoms. The van der Waals surface area contributed by atoms with Crippen LogP contribution in [0, 0.1) is 6.92 Å². The molecule has 132 valence electrons. The Balaban J connectivity index is 2.32. The van der Waals surface area contributed by atoms with Crippen LogP contribution < -0.4 is 5.32 Å². The Hall–Kier alpha value is -2.89. The van der Waals surface area contributed by atoms with Gasteiger partial charge >= 0.3 is 5.97 Å². The van der Waals surface area contributed by atoms with Crippen molar-refractivity contribution in [3.63, 3.8) is 0 Å². The number of ether oxygens (including phenoxy) is 1. The summed E-state index contributed by atoms with van der Waals surface area (Å²) < 4.78 is 4.83. The molecule has 1 amide bonds. The lowest BCUT2D eigenvalue weighted by atomic mass is 10.0. The normalized spacial score (nSPS) is 11.6. The fraction of sp³-hybridized carbons (Fsp3) is 0.316. The van der Waals surface area contributed by atoms with Crippen LogP contribution in [0.2, 0.25) is 0 Å². The zero-order valence-corrected chi connectivity index (χ0v) is 14.8. The average molecular weight is 341 g/mol. The van der Waals surface area contributed by atoms with E-state index in [-0.39, 0.29) is 11.9 Å². The zero-order valence-electron chi connectivity index (χ0n) is 14.8. The molecule has 0 spiro atoms. The number of aromatic amines is 1. The maximum absolute atomic E-state index is 12.8. The summed E-state index contributed by atoms with van der Waals surface area (Å²) in [5.74, 6) is -0.715. The lowest BCUT2D eigenvalue weighted by Gasteiger charge is -2.17. The first kappa shape index (κ1) is 18.4. The van der Waals surface area contributed by atoms with Crippen LogP contribution in [0.1, 0.15) is 57.1 Å². The Morgan fingerprint density at radius 2 is 2.08 bits per heavy atom. The summed E-state index contributed by atoms with van der Waals surface area (Å²) in [5.41, 5.74) is 3.03. The van der Waals surface area contributed by atoms with Gasteiger partial charge in [-0.1, -0.05) is 13.0 Å². The fourth-order valence-corrected chi connectivity index (χ4v) is 2.80. The minimum atomic E-state index is -0.443. The van der Waals surface area contributed by atoms with Gasteiger partial charge in [-0.15, -0.1) is 6.58 Å². The Morgan fingerprint density at radius 3 is 2.64 bits per heavy atom. The number of aryl methyl sites for hydroxylation is 1. The van der Waals surface area contributed by atoms with Crippen LogP contribution in [0.15, 0.2) is 37.2 Å². The highest BCUT2D eigenvalue weighted by atomic mass is 16.5. The SMILES string of the molecule is C=CC[C@H](NC(=O)c1[nH]c(CC)c(C(=O)OC)c1C)c1ccncc1. The second-order valence-corrected chi connectivity index (χ2v) is 5.65. The van der Waals surface area contributed by atoms with Crippen LogP contribution in [-0.4, -0.2) is 29.0 Å². The van der Waals surface area contributed by atoms with Crippen LogP contribution in [-0.2, 0) is 11.2 Å². The van der Waals surface area contributed by atoms with E-state index in [2.05, 4.69) is 21.9 Å². The van der Waals surface area contributed by atoms with E-state index in [0.717, 1.165) is 5.56 Å². The van der Waals surface area contributed by atoms with E-state index in [0.29, 0.717) is 35.4 Å². The molecule has 1 atom stereocenters. The van der Waals surface area contributed by atoms with E-state index in [9.17, 15) is 9.59 Å². The third-order valence-corrected chi connectivity index (χ3v) is 4.11. The van der Waals surface area contributed by atoms with Gasteiger partial charge in [0.2, 0.25) is 0 Å². The summed E-state index contributed by atoms with van der Waals surface area (Å²) in [6.45, 7) is 7.41. The highest BCUT2D eigenvalue weighted by Gasteiger charge is 2.25. The molecule has 0 aliphatic heterocycles. The molecule has 6 nitrogen and oxygen atoms in total. The number of rotatable bonds is 7. The number of nitrogens with zero attached hydrogens (tertiary/aromatic N) is 1. The first-order valence-electron chi connectivity index (χ1n) is 8.14. The topological polar surface area (TPSA) is 84.1 Å². The minimum Gasteiger partial charge on any atom is -0.465 e. The largest absolute Gasteiger partial charge is 0.465 e. The molecule has 0 saturated carbocycles. The third kappa shape index (κ3) is 3.96. The number of amides is 1. The molecule has 2 aromatic rings. The summed E-state index contributed by atoms with van der Waals surface area (Å²) in [6, 6.07) is 3.49. The number of hydrogen-bond donors (Lipinski definition) is 2. The summed E-state index contributed by atoms with van der Waals surface area (Å²) in [5, 5.41) is 2.99. The summed E-state index contributed by atoms with van der Waals surface area (Å²) in [6.07, 6.45) is 6.30. The molecule has 0 aromatic carbocycles. The molecule has 0 aliphatic rings. The predicted octanol–water partition coefficient (Wildman–Crippen LogP) is 3.11. The molecule has 2 rings (SSSR count). The highest BCUT2D eigenvalue weighted by molar-refractivity contribution is 6.00. The fourth-order valence-electron chi connectivity index (χ4n) is 2.80. The number of nitrogens with one attached hydrogen (secondary N) is 2. The van der Waals surface area contributed by atoms with Crippen molar-refractivity contribution in [2.45, 2.75) is 32.7 Å². The van der Waals surface area contributed by atoms with Crippen molar-refractivity contribution in [1.82, 2.24) is 15.3 Å². The minimum absolute atomic E-state index is 0.220. The molecule has 0 radical (unpaired) electrons. The van der Waals surface area contributed by atoms with Gasteiger partial charge in [-0.05, 0) is 43.0 Å². The number of H-pyrrole nitrogens is 1. The molecule has 0 aliphatic carbocycles. The van der Waals surface area contributed by atoms with E-state index >= 15 is 0 Å². The van der Waals surface area contributed by atoms with E-state index < -0.39 is 5.97 Å². The molecule has 0 saturated heterocycles. The van der Waals surface area contributed by atoms with Gasteiger partial charge in [-0.3, -0.25) is 9.78 Å². The van der Waals surface area contributed by atoms with E-state index in [4.69, 9.17) is 4.74 Å². The zero-order chi connectivity index (χ0) is 18.4. The first-order valence-corrected chi connectivity index (χ1v) is 8.14. The highest BCUT2D eigenvalue weighted by Crippen LogP contribution is 2.22. The molecule has 0 bridgehead atoms.